The highest BCUT2D eigenvalue weighted by atomic mass is 32.2. The summed E-state index contributed by atoms with van der Waals surface area (Å²) >= 11 is 0. The van der Waals surface area contributed by atoms with Gasteiger partial charge in [-0.05, 0) is 16.8 Å². The van der Waals surface area contributed by atoms with Crippen LogP contribution in [0.4, 0.5) is 5.69 Å². The van der Waals surface area contributed by atoms with Gasteiger partial charge in [0, 0.05) is 12.1 Å². The normalized spacial score (nSPS) is 17.3. The first kappa shape index (κ1) is 12.3. The third kappa shape index (κ3) is 1.70. The predicted molar refractivity (Wildman–Crippen MR) is 77.1 cm³/mol. The molecule has 2 aromatic carbocycles. The maximum atomic E-state index is 11.5. The average molecular weight is 276 g/mol. The van der Waals surface area contributed by atoms with Crippen molar-refractivity contribution in [2.24, 2.45) is 0 Å². The first-order valence-electron chi connectivity index (χ1n) is 5.88. The summed E-state index contributed by atoms with van der Waals surface area (Å²) in [5.74, 6) is 0. The van der Waals surface area contributed by atoms with E-state index in [2.05, 4.69) is 0 Å². The molecule has 0 fully saturated rings. The van der Waals surface area contributed by atoms with Crippen LogP contribution in [0, 0.1) is 0 Å². The molecular weight excluding hydrogens is 262 g/mol. The molecule has 0 aromatic heterocycles. The number of benzene rings is 2. The van der Waals surface area contributed by atoms with Gasteiger partial charge in [-0.2, -0.15) is 8.42 Å². The van der Waals surface area contributed by atoms with Crippen LogP contribution in [-0.2, 0) is 10.1 Å². The van der Waals surface area contributed by atoms with E-state index in [1.54, 1.807) is 20.2 Å². The van der Waals surface area contributed by atoms with Gasteiger partial charge in [0.2, 0.25) is 0 Å². The highest BCUT2D eigenvalue weighted by molar-refractivity contribution is 7.90. The number of rotatable bonds is 1. The van der Waals surface area contributed by atoms with Crippen LogP contribution >= 0.6 is 0 Å². The molecule has 3 rings (SSSR count). The lowest BCUT2D eigenvalue weighted by molar-refractivity contribution is 0.458. The molecule has 0 amide bonds. The topological polar surface area (TPSA) is 54.4 Å². The predicted octanol–water partition coefficient (Wildman–Crippen LogP) is 2.61. The molecule has 98 valence electrons. The Bertz CT molecular complexity index is 820. The average Bonchev–Trinajstić information content (AvgIpc) is 2.61. The number of quaternary nitrogens is 1. The first-order valence-corrected chi connectivity index (χ1v) is 7.32. The summed E-state index contributed by atoms with van der Waals surface area (Å²) in [4.78, 5) is 0. The molecule has 1 heterocycles. The van der Waals surface area contributed by atoms with Gasteiger partial charge in [-0.3, -0.25) is 9.04 Å². The van der Waals surface area contributed by atoms with Crippen LogP contribution in [0.5, 0.6) is 0 Å². The van der Waals surface area contributed by atoms with Gasteiger partial charge in [-0.15, -0.1) is 0 Å². The number of hydrogen-bond acceptors (Lipinski definition) is 2. The molecule has 0 atom stereocenters. The van der Waals surface area contributed by atoms with Crippen molar-refractivity contribution in [1.82, 2.24) is 4.48 Å². The van der Waals surface area contributed by atoms with E-state index in [0.29, 0.717) is 0 Å². The number of fused-ring (bicyclic) bond motifs is 3. The highest BCUT2D eigenvalue weighted by Crippen LogP contribution is 2.42. The van der Waals surface area contributed by atoms with Crippen molar-refractivity contribution < 1.29 is 13.0 Å². The van der Waals surface area contributed by atoms with Gasteiger partial charge in [0.1, 0.15) is 5.69 Å². The van der Waals surface area contributed by atoms with Crippen LogP contribution in [0.2, 0.25) is 0 Å². The van der Waals surface area contributed by atoms with Crippen molar-refractivity contribution >= 4 is 32.7 Å². The van der Waals surface area contributed by atoms with Crippen LogP contribution in [0.25, 0.3) is 16.8 Å². The van der Waals surface area contributed by atoms with Crippen LogP contribution < -0.4 is 4.48 Å². The molecule has 0 unspecified atom stereocenters. The van der Waals surface area contributed by atoms with E-state index < -0.39 is 10.1 Å². The van der Waals surface area contributed by atoms with Gasteiger partial charge in [0.15, 0.2) is 0 Å². The fourth-order valence-corrected chi connectivity index (χ4v) is 3.63. The molecule has 5 heteroatoms. The Kier molecular flexibility index (Phi) is 2.38. The van der Waals surface area contributed by atoms with Crippen molar-refractivity contribution in [1.29, 1.82) is 0 Å². The Morgan fingerprint density at radius 3 is 2.42 bits per heavy atom. The van der Waals surface area contributed by atoms with Crippen molar-refractivity contribution in [3.63, 3.8) is 0 Å². The number of nitrogens with zero attached hydrogens (tertiary/aromatic N) is 1. The molecule has 0 spiro atoms. The molecular formula is C14H14NO3S+. The van der Waals surface area contributed by atoms with Crippen LogP contribution in [0.1, 0.15) is 5.56 Å². The zero-order chi connectivity index (χ0) is 13.8. The van der Waals surface area contributed by atoms with Crippen molar-refractivity contribution in [3.05, 3.63) is 47.0 Å². The maximum absolute atomic E-state index is 11.5. The van der Waals surface area contributed by atoms with E-state index in [4.69, 9.17) is 0 Å². The Morgan fingerprint density at radius 2 is 1.74 bits per heavy atom. The molecule has 4 nitrogen and oxygen atoms in total. The van der Waals surface area contributed by atoms with Crippen molar-refractivity contribution in [2.75, 3.05) is 14.1 Å². The molecule has 2 aromatic rings. The summed E-state index contributed by atoms with van der Waals surface area (Å²) in [7, 11) is -0.713. The fraction of sp³-hybridized carbons (Fsp3) is 0.143. The van der Waals surface area contributed by atoms with Crippen LogP contribution in [-0.4, -0.2) is 27.1 Å². The smallest absolute Gasteiger partial charge is 0.278 e. The van der Waals surface area contributed by atoms with E-state index >= 15 is 0 Å². The molecule has 19 heavy (non-hydrogen) atoms. The minimum atomic E-state index is -4.21. The van der Waals surface area contributed by atoms with Gasteiger partial charge < -0.3 is 0 Å². The molecule has 1 aliphatic rings. The lowest BCUT2D eigenvalue weighted by Gasteiger charge is -2.25. The summed E-state index contributed by atoms with van der Waals surface area (Å²) in [6.45, 7) is 0. The van der Waals surface area contributed by atoms with E-state index in [9.17, 15) is 13.0 Å². The van der Waals surface area contributed by atoms with E-state index in [0.717, 1.165) is 22.0 Å². The highest BCUT2D eigenvalue weighted by Gasteiger charge is 2.41. The lowest BCUT2D eigenvalue weighted by atomic mass is 10.0. The molecule has 1 N–H and O–H groups in total. The third-order valence-electron chi connectivity index (χ3n) is 3.63. The quantitative estimate of drug-likeness (QED) is 0.643. The van der Waals surface area contributed by atoms with Gasteiger partial charge >= 0.3 is 10.1 Å². The van der Waals surface area contributed by atoms with E-state index in [1.807, 2.05) is 36.4 Å². The molecule has 0 saturated heterocycles. The maximum Gasteiger partial charge on any atom is 0.345 e. The second-order valence-corrected chi connectivity index (χ2v) is 6.50. The van der Waals surface area contributed by atoms with E-state index in [1.165, 1.54) is 0 Å². The zero-order valence-electron chi connectivity index (χ0n) is 10.7. The zero-order valence-corrected chi connectivity index (χ0v) is 11.5. The Balaban J connectivity index is 2.41. The summed E-state index contributed by atoms with van der Waals surface area (Å²) in [5.41, 5.74) is 1.72. The summed E-state index contributed by atoms with van der Waals surface area (Å²) in [5, 5.41) is 2.04. The molecule has 0 bridgehead atoms. The SMILES string of the molecule is C[N+]1(C)C(S(=O)(=O)O)=Cc2c1ccc1ccccc21. The first-order chi connectivity index (χ1) is 8.82. The van der Waals surface area contributed by atoms with E-state index in [-0.39, 0.29) is 9.51 Å². The lowest BCUT2D eigenvalue weighted by Crippen LogP contribution is -2.40. The summed E-state index contributed by atoms with van der Waals surface area (Å²) in [6.07, 6.45) is 1.56. The Labute approximate surface area is 111 Å². The molecule has 1 aliphatic heterocycles. The van der Waals surface area contributed by atoms with Crippen molar-refractivity contribution in [3.8, 4) is 0 Å². The summed E-state index contributed by atoms with van der Waals surface area (Å²) < 4.78 is 32.5. The van der Waals surface area contributed by atoms with Crippen LogP contribution in [0.15, 0.2) is 41.4 Å². The third-order valence-corrected chi connectivity index (χ3v) is 4.74. The minimum absolute atomic E-state index is 0.00106. The minimum Gasteiger partial charge on any atom is -0.278 e. The van der Waals surface area contributed by atoms with Gasteiger partial charge in [-0.25, -0.2) is 0 Å². The molecule has 0 saturated carbocycles. The second kappa shape index (κ2) is 3.66. The van der Waals surface area contributed by atoms with Gasteiger partial charge in [0.25, 0.3) is 5.03 Å². The van der Waals surface area contributed by atoms with Crippen molar-refractivity contribution in [2.45, 2.75) is 0 Å². The monoisotopic (exact) mass is 276 g/mol. The van der Waals surface area contributed by atoms with Gasteiger partial charge in [0.05, 0.1) is 19.7 Å². The summed E-state index contributed by atoms with van der Waals surface area (Å²) in [6, 6.07) is 11.7. The van der Waals surface area contributed by atoms with Gasteiger partial charge in [-0.1, -0.05) is 24.3 Å². The number of hydrogen-bond donors (Lipinski definition) is 1. The van der Waals surface area contributed by atoms with Crippen LogP contribution in [0.3, 0.4) is 0 Å². The molecule has 0 radical (unpaired) electrons. The fourth-order valence-electron chi connectivity index (χ4n) is 2.69. The molecule has 0 aliphatic carbocycles. The second-order valence-electron chi connectivity index (χ2n) is 5.13. The Morgan fingerprint density at radius 1 is 1.05 bits per heavy atom. The largest absolute Gasteiger partial charge is 0.345 e. The Hall–Kier alpha value is -1.69. The standard InChI is InChI=1S/C14H13NO3S/c1-15(2)13-8-7-10-5-3-4-6-11(10)12(13)9-14(15)19(16,17)18/h3-9H,1-2H3/p+1.